The number of unbranched alkanes of at least 4 members (excludes halogenated alkanes) is 1. The molecule has 3 aliphatic rings. The number of carboxylic acids is 1. The van der Waals surface area contributed by atoms with Gasteiger partial charge in [0.05, 0.1) is 47.3 Å². The highest BCUT2D eigenvalue weighted by Gasteiger charge is 2.48. The minimum atomic E-state index is -1.00. The quantitative estimate of drug-likeness (QED) is 0.290. The van der Waals surface area contributed by atoms with Crippen LogP contribution < -0.4 is 14.2 Å². The Kier molecular flexibility index (Phi) is 11.2. The number of hydrogen-bond donors (Lipinski definition) is 1. The van der Waals surface area contributed by atoms with Crippen LogP contribution in [0.2, 0.25) is 0 Å². The smallest absolute Gasteiger partial charge is 0.326 e. The van der Waals surface area contributed by atoms with Crippen molar-refractivity contribution in [3.8, 4) is 17.2 Å². The normalized spacial score (nSPS) is 21.9. The predicted octanol–water partition coefficient (Wildman–Crippen LogP) is 2.29. The first-order chi connectivity index (χ1) is 21.3. The number of fused-ring (bicyclic) bond motifs is 1. The highest BCUT2D eigenvalue weighted by Crippen LogP contribution is 2.47. The van der Waals surface area contributed by atoms with E-state index in [1.807, 2.05) is 9.80 Å². The zero-order valence-electron chi connectivity index (χ0n) is 27.6. The SMILES string of the molecule is CCCCN(CCC[N+](C)(C)C)C(=O)CN1C[C@H](c2cc(OC)c3c(c2)OCO3)[C@@H](C(=O)O)[C@@H]1CCN1C(=O)CCN(C)C1=O. The van der Waals surface area contributed by atoms with Crippen LogP contribution in [0.25, 0.3) is 0 Å². The van der Waals surface area contributed by atoms with Crippen molar-refractivity contribution in [2.45, 2.75) is 51.0 Å². The van der Waals surface area contributed by atoms with Gasteiger partial charge in [0, 0.05) is 64.6 Å². The summed E-state index contributed by atoms with van der Waals surface area (Å²) < 4.78 is 17.5. The van der Waals surface area contributed by atoms with Gasteiger partial charge >= 0.3 is 12.0 Å². The lowest BCUT2D eigenvalue weighted by Gasteiger charge is -2.34. The molecule has 0 spiro atoms. The number of amides is 4. The molecular weight excluding hydrogens is 582 g/mol. The maximum Gasteiger partial charge on any atom is 0.326 e. The molecule has 3 aliphatic heterocycles. The Labute approximate surface area is 266 Å². The van der Waals surface area contributed by atoms with Gasteiger partial charge in [0.1, 0.15) is 0 Å². The van der Waals surface area contributed by atoms with Gasteiger partial charge in [-0.2, -0.15) is 0 Å². The number of quaternary nitrogens is 1. The summed E-state index contributed by atoms with van der Waals surface area (Å²) >= 11 is 0. The topological polar surface area (TPSA) is 129 Å². The van der Waals surface area contributed by atoms with Crippen LogP contribution >= 0.6 is 0 Å². The van der Waals surface area contributed by atoms with Gasteiger partial charge in [0.2, 0.25) is 24.4 Å². The average Bonchev–Trinajstić information content (AvgIpc) is 3.60. The number of likely N-dealkylation sites (tertiary alicyclic amines) is 1. The highest BCUT2D eigenvalue weighted by molar-refractivity contribution is 5.96. The Bertz CT molecular complexity index is 1250. The molecule has 0 unspecified atom stereocenters. The lowest BCUT2D eigenvalue weighted by atomic mass is 9.84. The summed E-state index contributed by atoms with van der Waals surface area (Å²) in [5.41, 5.74) is 0.707. The monoisotopic (exact) mass is 632 g/mol. The van der Waals surface area contributed by atoms with Crippen molar-refractivity contribution >= 4 is 23.8 Å². The molecule has 3 atom stereocenters. The molecule has 4 amide bonds. The number of rotatable bonds is 15. The Morgan fingerprint density at radius 2 is 1.87 bits per heavy atom. The minimum Gasteiger partial charge on any atom is -0.493 e. The second kappa shape index (κ2) is 14.7. The number of ether oxygens (including phenoxy) is 3. The number of urea groups is 1. The lowest BCUT2D eigenvalue weighted by molar-refractivity contribution is -0.870. The van der Waals surface area contributed by atoms with Crippen LogP contribution in [-0.2, 0) is 14.4 Å². The van der Waals surface area contributed by atoms with Crippen molar-refractivity contribution < 1.29 is 43.0 Å². The number of aliphatic carboxylic acids is 1. The van der Waals surface area contributed by atoms with E-state index in [1.54, 1.807) is 19.2 Å². The summed E-state index contributed by atoms with van der Waals surface area (Å²) in [5, 5.41) is 10.6. The van der Waals surface area contributed by atoms with Crippen molar-refractivity contribution in [2.24, 2.45) is 5.92 Å². The van der Waals surface area contributed by atoms with Gasteiger partial charge < -0.3 is 33.6 Å². The Morgan fingerprint density at radius 1 is 1.13 bits per heavy atom. The van der Waals surface area contributed by atoms with Crippen LogP contribution in [0.15, 0.2) is 12.1 Å². The Balaban J connectivity index is 1.63. The number of methoxy groups -OCH3 is 1. The van der Waals surface area contributed by atoms with E-state index in [0.717, 1.165) is 30.3 Å². The van der Waals surface area contributed by atoms with Crippen LogP contribution in [0.1, 0.15) is 50.5 Å². The fourth-order valence-corrected chi connectivity index (χ4v) is 6.56. The van der Waals surface area contributed by atoms with E-state index < -0.39 is 29.9 Å². The van der Waals surface area contributed by atoms with E-state index in [9.17, 15) is 24.3 Å². The van der Waals surface area contributed by atoms with E-state index in [2.05, 4.69) is 28.1 Å². The van der Waals surface area contributed by atoms with E-state index in [4.69, 9.17) is 14.2 Å². The van der Waals surface area contributed by atoms with Gasteiger partial charge in [-0.1, -0.05) is 13.3 Å². The van der Waals surface area contributed by atoms with E-state index in [0.29, 0.717) is 49.0 Å². The summed E-state index contributed by atoms with van der Waals surface area (Å²) in [6.45, 7) is 5.09. The number of nitrogens with zero attached hydrogens (tertiary/aromatic N) is 5. The summed E-state index contributed by atoms with van der Waals surface area (Å²) in [6, 6.07) is 2.58. The zero-order valence-corrected chi connectivity index (χ0v) is 27.6. The first-order valence-electron chi connectivity index (χ1n) is 15.9. The standard InChI is InChI=1S/C32H49N5O8/c1-7-8-12-34(13-9-16-37(3,4)5)28(39)20-35-19-23(22-17-25(43-6)30-26(18-22)44-21-45-30)29(31(40)41)24(35)10-15-36-27(38)11-14-33(2)32(36)42/h17-18,23-24,29H,7-16,19-21H2,1-6H3/p+1/t23-,24+,29-/m1/s1. The van der Waals surface area contributed by atoms with Crippen molar-refractivity contribution in [2.75, 3.05) is 87.9 Å². The second-order valence-electron chi connectivity index (χ2n) is 13.3. The molecule has 13 nitrogen and oxygen atoms in total. The minimum absolute atomic E-state index is 0.0411. The summed E-state index contributed by atoms with van der Waals surface area (Å²) in [6.07, 6.45) is 3.13. The fourth-order valence-electron chi connectivity index (χ4n) is 6.56. The molecule has 0 aliphatic carbocycles. The van der Waals surface area contributed by atoms with Crippen LogP contribution in [0.5, 0.6) is 17.2 Å². The lowest BCUT2D eigenvalue weighted by Crippen LogP contribution is -2.52. The Hall–Kier alpha value is -3.58. The van der Waals surface area contributed by atoms with Gasteiger partial charge in [-0.15, -0.1) is 0 Å². The van der Waals surface area contributed by atoms with Gasteiger partial charge in [-0.3, -0.25) is 24.2 Å². The van der Waals surface area contributed by atoms with Gasteiger partial charge in [0.15, 0.2) is 11.5 Å². The molecule has 1 aromatic carbocycles. The average molecular weight is 633 g/mol. The molecule has 45 heavy (non-hydrogen) atoms. The largest absolute Gasteiger partial charge is 0.493 e. The molecule has 4 rings (SSSR count). The molecule has 250 valence electrons. The molecule has 3 heterocycles. The fraction of sp³-hybridized carbons (Fsp3) is 0.688. The number of carbonyl (C=O) groups is 4. The molecular formula is C32H50N5O8+. The molecule has 0 radical (unpaired) electrons. The molecule has 2 saturated heterocycles. The number of imide groups is 1. The van der Waals surface area contributed by atoms with Gasteiger partial charge in [0.25, 0.3) is 0 Å². The number of benzene rings is 1. The predicted molar refractivity (Wildman–Crippen MR) is 166 cm³/mol. The Morgan fingerprint density at radius 3 is 2.53 bits per heavy atom. The summed E-state index contributed by atoms with van der Waals surface area (Å²) in [4.78, 5) is 59.0. The van der Waals surface area contributed by atoms with Crippen LogP contribution in [0.4, 0.5) is 4.79 Å². The van der Waals surface area contributed by atoms with Crippen molar-refractivity contribution in [1.82, 2.24) is 19.6 Å². The maximum absolute atomic E-state index is 13.9. The molecule has 0 bridgehead atoms. The molecule has 2 fully saturated rings. The first-order valence-corrected chi connectivity index (χ1v) is 15.9. The summed E-state index contributed by atoms with van der Waals surface area (Å²) in [5.74, 6) is -1.32. The van der Waals surface area contributed by atoms with Crippen LogP contribution in [-0.4, -0.2) is 147 Å². The van der Waals surface area contributed by atoms with E-state index in [-0.39, 0.29) is 44.5 Å². The number of hydrogen-bond acceptors (Lipinski definition) is 8. The van der Waals surface area contributed by atoms with Crippen molar-refractivity contribution in [3.63, 3.8) is 0 Å². The summed E-state index contributed by atoms with van der Waals surface area (Å²) in [7, 11) is 9.54. The molecule has 13 heteroatoms. The maximum atomic E-state index is 13.9. The molecule has 1 aromatic rings. The third kappa shape index (κ3) is 8.18. The van der Waals surface area contributed by atoms with Gasteiger partial charge in [-0.25, -0.2) is 4.79 Å². The van der Waals surface area contributed by atoms with Crippen LogP contribution in [0.3, 0.4) is 0 Å². The molecule has 0 saturated carbocycles. The number of carbonyl (C=O) groups excluding carboxylic acids is 3. The first kappa shape index (κ1) is 34.3. The van der Waals surface area contributed by atoms with E-state index >= 15 is 0 Å². The molecule has 1 N–H and O–H groups in total. The third-order valence-corrected chi connectivity index (χ3v) is 9.04. The second-order valence-corrected chi connectivity index (χ2v) is 13.3. The molecule has 0 aromatic heterocycles. The van der Waals surface area contributed by atoms with Crippen LogP contribution in [0, 0.1) is 5.92 Å². The van der Waals surface area contributed by atoms with E-state index in [1.165, 1.54) is 16.9 Å². The number of carboxylic acid groups (broad SMARTS) is 1. The van der Waals surface area contributed by atoms with Gasteiger partial charge in [-0.05, 0) is 30.5 Å². The zero-order chi connectivity index (χ0) is 32.9. The third-order valence-electron chi connectivity index (χ3n) is 9.04. The van der Waals surface area contributed by atoms with Crippen molar-refractivity contribution in [1.29, 1.82) is 0 Å². The van der Waals surface area contributed by atoms with Crippen molar-refractivity contribution in [3.05, 3.63) is 17.7 Å². The highest BCUT2D eigenvalue weighted by atomic mass is 16.7.